The molecule has 0 amide bonds. The van der Waals surface area contributed by atoms with E-state index in [1.54, 1.807) is 0 Å². The number of para-hydroxylation sites is 2. The first-order chi connectivity index (χ1) is 25.8. The lowest BCUT2D eigenvalue weighted by atomic mass is 9.98. The third kappa shape index (κ3) is 4.33. The van der Waals surface area contributed by atoms with Gasteiger partial charge in [-0.05, 0) is 39.7 Å². The number of nitrogens with zero attached hydrogens (tertiary/aromatic N) is 4. The van der Waals surface area contributed by atoms with E-state index in [1.807, 2.05) is 60.7 Å². The zero-order valence-corrected chi connectivity index (χ0v) is 27.9. The Morgan fingerprint density at radius 2 is 1.02 bits per heavy atom. The Kier molecular flexibility index (Phi) is 6.18. The van der Waals surface area contributed by atoms with Crippen LogP contribution in [-0.2, 0) is 0 Å². The van der Waals surface area contributed by atoms with Gasteiger partial charge in [0.2, 0.25) is 5.95 Å². The number of aromatic nitrogens is 4. The maximum absolute atomic E-state index is 6.78. The van der Waals surface area contributed by atoms with Crippen molar-refractivity contribution in [3.8, 4) is 39.9 Å². The van der Waals surface area contributed by atoms with Crippen LogP contribution in [0, 0.1) is 0 Å². The molecule has 11 aromatic rings. The van der Waals surface area contributed by atoms with Crippen LogP contribution in [0.3, 0.4) is 0 Å². The SMILES string of the molecule is c1ccc(-c2nc(-c3ccccc3)nc(-n3c4cc5ccccc5cc4c4cccc(-c5cccc6c5oc5ccc7ccccc7c56)c43)n2)cc1. The van der Waals surface area contributed by atoms with Gasteiger partial charge >= 0.3 is 0 Å². The average Bonchev–Trinajstić information content (AvgIpc) is 3.76. The fourth-order valence-electron chi connectivity index (χ4n) is 7.85. The smallest absolute Gasteiger partial charge is 0.238 e. The van der Waals surface area contributed by atoms with Gasteiger partial charge in [0.05, 0.1) is 11.0 Å². The van der Waals surface area contributed by atoms with Gasteiger partial charge in [0.1, 0.15) is 11.2 Å². The molecule has 0 aliphatic heterocycles. The topological polar surface area (TPSA) is 56.7 Å². The van der Waals surface area contributed by atoms with E-state index in [0.717, 1.165) is 71.4 Å². The van der Waals surface area contributed by atoms with Crippen molar-refractivity contribution in [2.24, 2.45) is 0 Å². The molecule has 0 radical (unpaired) electrons. The first kappa shape index (κ1) is 28.7. The molecular weight excluding hydrogens is 637 g/mol. The number of rotatable bonds is 4. The molecule has 0 saturated carbocycles. The summed E-state index contributed by atoms with van der Waals surface area (Å²) < 4.78 is 9.01. The molecule has 242 valence electrons. The lowest BCUT2D eigenvalue weighted by molar-refractivity contribution is 0.670. The lowest BCUT2D eigenvalue weighted by Gasteiger charge is -2.13. The third-order valence-electron chi connectivity index (χ3n) is 10.2. The highest BCUT2D eigenvalue weighted by Crippen LogP contribution is 2.44. The van der Waals surface area contributed by atoms with Crippen molar-refractivity contribution in [1.82, 2.24) is 19.5 Å². The molecule has 0 aliphatic rings. The molecule has 0 bridgehead atoms. The molecular formula is C47H28N4O. The molecule has 0 spiro atoms. The molecule has 3 heterocycles. The Balaban J connectivity index is 1.28. The molecule has 3 aromatic heterocycles. The Hall–Kier alpha value is -7.11. The van der Waals surface area contributed by atoms with Crippen molar-refractivity contribution < 1.29 is 4.42 Å². The number of furan rings is 1. The zero-order valence-electron chi connectivity index (χ0n) is 27.9. The van der Waals surface area contributed by atoms with Crippen LogP contribution in [0.25, 0.3) is 105 Å². The predicted molar refractivity (Wildman–Crippen MR) is 213 cm³/mol. The minimum Gasteiger partial charge on any atom is -0.455 e. The third-order valence-corrected chi connectivity index (χ3v) is 10.2. The molecule has 8 aromatic carbocycles. The van der Waals surface area contributed by atoms with E-state index in [-0.39, 0.29) is 0 Å². The average molecular weight is 665 g/mol. The molecule has 5 heteroatoms. The van der Waals surface area contributed by atoms with Crippen LogP contribution in [0.1, 0.15) is 0 Å². The highest BCUT2D eigenvalue weighted by atomic mass is 16.3. The van der Waals surface area contributed by atoms with Crippen LogP contribution in [0.4, 0.5) is 0 Å². The second-order valence-corrected chi connectivity index (χ2v) is 13.2. The number of hydrogen-bond acceptors (Lipinski definition) is 4. The summed E-state index contributed by atoms with van der Waals surface area (Å²) >= 11 is 0. The summed E-state index contributed by atoms with van der Waals surface area (Å²) in [6, 6.07) is 59.1. The van der Waals surface area contributed by atoms with Crippen molar-refractivity contribution >= 4 is 65.3 Å². The van der Waals surface area contributed by atoms with Crippen molar-refractivity contribution in [3.05, 3.63) is 170 Å². The van der Waals surface area contributed by atoms with Crippen LogP contribution in [0.5, 0.6) is 0 Å². The van der Waals surface area contributed by atoms with Gasteiger partial charge in [-0.15, -0.1) is 0 Å². The second-order valence-electron chi connectivity index (χ2n) is 13.2. The van der Waals surface area contributed by atoms with Gasteiger partial charge in [0.15, 0.2) is 11.6 Å². The zero-order chi connectivity index (χ0) is 34.2. The minimum atomic E-state index is 0.554. The van der Waals surface area contributed by atoms with E-state index >= 15 is 0 Å². The highest BCUT2D eigenvalue weighted by Gasteiger charge is 2.23. The number of benzene rings is 8. The lowest BCUT2D eigenvalue weighted by Crippen LogP contribution is -2.07. The summed E-state index contributed by atoms with van der Waals surface area (Å²) in [5.41, 5.74) is 7.66. The van der Waals surface area contributed by atoms with Gasteiger partial charge in [-0.25, -0.2) is 4.98 Å². The minimum absolute atomic E-state index is 0.554. The normalized spacial score (nSPS) is 11.8. The predicted octanol–water partition coefficient (Wildman–Crippen LogP) is 12.2. The Morgan fingerprint density at radius 3 is 1.75 bits per heavy atom. The van der Waals surface area contributed by atoms with Gasteiger partial charge in [0.25, 0.3) is 0 Å². The molecule has 0 N–H and O–H groups in total. The van der Waals surface area contributed by atoms with Crippen molar-refractivity contribution in [1.29, 1.82) is 0 Å². The van der Waals surface area contributed by atoms with Crippen molar-refractivity contribution in [2.75, 3.05) is 0 Å². The Labute approximate surface area is 298 Å². The van der Waals surface area contributed by atoms with E-state index in [9.17, 15) is 0 Å². The van der Waals surface area contributed by atoms with Gasteiger partial charge in [0, 0.05) is 43.8 Å². The molecule has 5 nitrogen and oxygen atoms in total. The highest BCUT2D eigenvalue weighted by molar-refractivity contribution is 6.23. The molecule has 0 saturated heterocycles. The standard InChI is InChI=1S/C47H28N4O/c1-3-14-30(15-4-1)45-48-46(31-16-5-2-6-17-31)50-47(49-45)51-40-28-33-19-8-7-18-32(33)27-39(40)36-22-11-21-35(43(36)51)37-23-12-24-38-42-34-20-10-9-13-29(34)25-26-41(42)52-44(37)38/h1-28H. The first-order valence-corrected chi connectivity index (χ1v) is 17.5. The van der Waals surface area contributed by atoms with E-state index in [0.29, 0.717) is 17.6 Å². The summed E-state index contributed by atoms with van der Waals surface area (Å²) in [5.74, 6) is 1.78. The molecule has 0 aliphatic carbocycles. The van der Waals surface area contributed by atoms with Crippen LogP contribution in [0.15, 0.2) is 174 Å². The Morgan fingerprint density at radius 1 is 0.423 bits per heavy atom. The Bertz CT molecular complexity index is 3120. The van der Waals surface area contributed by atoms with E-state index in [2.05, 4.69) is 114 Å². The first-order valence-electron chi connectivity index (χ1n) is 17.5. The molecule has 52 heavy (non-hydrogen) atoms. The van der Waals surface area contributed by atoms with Gasteiger partial charge in [-0.3, -0.25) is 4.57 Å². The quantitative estimate of drug-likeness (QED) is 0.188. The fraction of sp³-hybridized carbons (Fsp3) is 0. The van der Waals surface area contributed by atoms with Gasteiger partial charge in [-0.2, -0.15) is 9.97 Å². The summed E-state index contributed by atoms with van der Waals surface area (Å²) in [4.78, 5) is 15.5. The molecule has 0 unspecified atom stereocenters. The van der Waals surface area contributed by atoms with E-state index in [1.165, 1.54) is 16.2 Å². The maximum Gasteiger partial charge on any atom is 0.238 e. The summed E-state index contributed by atoms with van der Waals surface area (Å²) in [5, 5.41) is 9.15. The number of hydrogen-bond donors (Lipinski definition) is 0. The van der Waals surface area contributed by atoms with Crippen LogP contribution in [0.2, 0.25) is 0 Å². The second kappa shape index (κ2) is 11.2. The maximum atomic E-state index is 6.78. The van der Waals surface area contributed by atoms with Crippen molar-refractivity contribution in [2.45, 2.75) is 0 Å². The van der Waals surface area contributed by atoms with Crippen LogP contribution in [-0.4, -0.2) is 19.5 Å². The molecule has 0 atom stereocenters. The van der Waals surface area contributed by atoms with E-state index in [4.69, 9.17) is 19.4 Å². The largest absolute Gasteiger partial charge is 0.455 e. The van der Waals surface area contributed by atoms with E-state index < -0.39 is 0 Å². The van der Waals surface area contributed by atoms with Crippen molar-refractivity contribution in [3.63, 3.8) is 0 Å². The number of fused-ring (bicyclic) bond motifs is 9. The van der Waals surface area contributed by atoms with Gasteiger partial charge < -0.3 is 4.42 Å². The fourth-order valence-corrected chi connectivity index (χ4v) is 7.85. The van der Waals surface area contributed by atoms with Crippen LogP contribution >= 0.6 is 0 Å². The molecule has 0 fully saturated rings. The summed E-state index contributed by atoms with van der Waals surface area (Å²) in [6.07, 6.45) is 0. The summed E-state index contributed by atoms with van der Waals surface area (Å²) in [7, 11) is 0. The monoisotopic (exact) mass is 664 g/mol. The van der Waals surface area contributed by atoms with Gasteiger partial charge in [-0.1, -0.05) is 152 Å². The molecule has 11 rings (SSSR count). The summed E-state index contributed by atoms with van der Waals surface area (Å²) in [6.45, 7) is 0. The van der Waals surface area contributed by atoms with Crippen LogP contribution < -0.4 is 0 Å².